The van der Waals surface area contributed by atoms with Crippen LogP contribution in [-0.2, 0) is 47.8 Å². The van der Waals surface area contributed by atoms with Crippen molar-refractivity contribution in [2.45, 2.75) is 25.4 Å². The molecule has 1 heterocycles. The van der Waals surface area contributed by atoms with Crippen LogP contribution >= 0.6 is 15.9 Å². The van der Waals surface area contributed by atoms with Gasteiger partial charge in [-0.1, -0.05) is 24.3 Å². The lowest BCUT2D eigenvalue weighted by Gasteiger charge is -2.16. The SMILES string of the molecule is CO/C=C(/C(=O)OC)c1ccccc1COc1nn(CC(COC)OC(=O)OC)c(Br)c1C(F)(F)F. The zero-order chi connectivity index (χ0) is 26.9. The summed E-state index contributed by atoms with van der Waals surface area (Å²) < 4.78 is 71.7. The van der Waals surface area contributed by atoms with Crippen LogP contribution in [-0.4, -0.2) is 63.1 Å². The van der Waals surface area contributed by atoms with Crippen LogP contribution in [0.2, 0.25) is 0 Å². The molecule has 0 radical (unpaired) electrons. The molecule has 1 aromatic heterocycles. The van der Waals surface area contributed by atoms with Gasteiger partial charge in [-0.3, -0.25) is 4.68 Å². The smallest absolute Gasteiger partial charge is 0.503 e. The highest BCUT2D eigenvalue weighted by Gasteiger charge is 2.41. The van der Waals surface area contributed by atoms with Gasteiger partial charge in [0.25, 0.3) is 0 Å². The summed E-state index contributed by atoms with van der Waals surface area (Å²) in [6, 6.07) is 6.40. The minimum Gasteiger partial charge on any atom is -0.503 e. The summed E-state index contributed by atoms with van der Waals surface area (Å²) in [7, 11) is 4.95. The zero-order valence-corrected chi connectivity index (χ0v) is 21.3. The topological polar surface area (TPSA) is 107 Å². The highest BCUT2D eigenvalue weighted by Crippen LogP contribution is 2.41. The summed E-state index contributed by atoms with van der Waals surface area (Å²) in [6.07, 6.45) is -5.71. The highest BCUT2D eigenvalue weighted by atomic mass is 79.9. The lowest BCUT2D eigenvalue weighted by atomic mass is 10.0. The number of aromatic nitrogens is 2. The summed E-state index contributed by atoms with van der Waals surface area (Å²) in [4.78, 5) is 23.7. The molecule has 0 amide bonds. The number of hydrogen-bond acceptors (Lipinski definition) is 9. The number of nitrogens with zero attached hydrogens (tertiary/aromatic N) is 2. The van der Waals surface area contributed by atoms with E-state index in [0.29, 0.717) is 11.1 Å². The minimum absolute atomic E-state index is 0.0457. The number of carbonyl (C=O) groups is 2. The molecule has 198 valence electrons. The van der Waals surface area contributed by atoms with Gasteiger partial charge in [0.2, 0.25) is 5.88 Å². The van der Waals surface area contributed by atoms with Gasteiger partial charge in [-0.15, -0.1) is 5.10 Å². The molecule has 1 atom stereocenters. The molecule has 0 saturated carbocycles. The van der Waals surface area contributed by atoms with Crippen molar-refractivity contribution in [2.75, 3.05) is 35.0 Å². The van der Waals surface area contributed by atoms with Gasteiger partial charge in [-0.2, -0.15) is 13.2 Å². The quantitative estimate of drug-likeness (QED) is 0.219. The van der Waals surface area contributed by atoms with E-state index in [2.05, 4.69) is 25.8 Å². The Kier molecular flexibility index (Phi) is 10.6. The molecule has 1 aromatic carbocycles. The van der Waals surface area contributed by atoms with Crippen LogP contribution in [0.15, 0.2) is 35.1 Å². The van der Waals surface area contributed by atoms with Crippen LogP contribution in [0.3, 0.4) is 0 Å². The zero-order valence-electron chi connectivity index (χ0n) is 19.8. The van der Waals surface area contributed by atoms with Gasteiger partial charge in [0, 0.05) is 7.11 Å². The van der Waals surface area contributed by atoms with Gasteiger partial charge >= 0.3 is 18.3 Å². The second-order valence-electron chi connectivity index (χ2n) is 7.00. The van der Waals surface area contributed by atoms with E-state index in [1.807, 2.05) is 0 Å². The number of alkyl halides is 3. The average molecular weight is 581 g/mol. The van der Waals surface area contributed by atoms with E-state index >= 15 is 0 Å². The van der Waals surface area contributed by atoms with Crippen molar-refractivity contribution in [2.24, 2.45) is 0 Å². The number of hydrogen-bond donors (Lipinski definition) is 0. The Balaban J connectivity index is 2.40. The number of benzene rings is 1. The molecule has 0 aliphatic rings. The summed E-state index contributed by atoms with van der Waals surface area (Å²) >= 11 is 2.91. The fourth-order valence-corrected chi connectivity index (χ4v) is 3.69. The van der Waals surface area contributed by atoms with E-state index in [1.54, 1.807) is 24.3 Å². The first-order chi connectivity index (χ1) is 17.1. The molecule has 14 heteroatoms. The molecular weight excluding hydrogens is 557 g/mol. The minimum atomic E-state index is -4.83. The largest absolute Gasteiger partial charge is 0.508 e. The van der Waals surface area contributed by atoms with Crippen molar-refractivity contribution < 1.29 is 51.2 Å². The number of carbonyl (C=O) groups excluding carboxylic acids is 2. The Hall–Kier alpha value is -3.26. The molecule has 0 bridgehead atoms. The van der Waals surface area contributed by atoms with Crippen molar-refractivity contribution >= 4 is 33.6 Å². The highest BCUT2D eigenvalue weighted by molar-refractivity contribution is 9.10. The van der Waals surface area contributed by atoms with Gasteiger partial charge in [-0.25, -0.2) is 9.59 Å². The Morgan fingerprint density at radius 3 is 2.42 bits per heavy atom. The molecule has 0 spiro atoms. The van der Waals surface area contributed by atoms with Crippen LogP contribution in [0.25, 0.3) is 5.57 Å². The second-order valence-corrected chi connectivity index (χ2v) is 7.76. The molecule has 0 saturated heterocycles. The number of methoxy groups -OCH3 is 4. The summed E-state index contributed by atoms with van der Waals surface area (Å²) in [6.45, 7) is -0.801. The predicted molar refractivity (Wildman–Crippen MR) is 122 cm³/mol. The summed E-state index contributed by atoms with van der Waals surface area (Å²) in [5.74, 6) is -1.43. The number of ether oxygens (including phenoxy) is 6. The van der Waals surface area contributed by atoms with Gasteiger partial charge in [0.15, 0.2) is 5.56 Å². The monoisotopic (exact) mass is 580 g/mol. The molecule has 1 unspecified atom stereocenters. The number of halogens is 4. The van der Waals surface area contributed by atoms with E-state index in [1.165, 1.54) is 21.3 Å². The van der Waals surface area contributed by atoms with Crippen molar-refractivity contribution in [3.8, 4) is 5.88 Å². The van der Waals surface area contributed by atoms with Crippen LogP contribution in [0, 0.1) is 0 Å². The van der Waals surface area contributed by atoms with Crippen LogP contribution in [0.1, 0.15) is 16.7 Å². The number of esters is 1. The van der Waals surface area contributed by atoms with E-state index in [0.717, 1.165) is 18.1 Å². The van der Waals surface area contributed by atoms with E-state index in [9.17, 15) is 22.8 Å². The standard InChI is InChI=1S/C22H24BrF3N2O8/c1-31-11-14(36-21(30)34-4)9-28-18(23)17(22(24,25)26)19(27-28)35-10-13-7-5-6-8-15(13)16(12-32-2)20(29)33-3/h5-8,12,14H,9-11H2,1-4H3/b16-12+. The molecule has 10 nitrogen and oxygen atoms in total. The lowest BCUT2D eigenvalue weighted by molar-refractivity contribution is -0.139. The van der Waals surface area contributed by atoms with Gasteiger partial charge < -0.3 is 28.4 Å². The molecule has 2 aromatic rings. The molecule has 2 rings (SSSR count). The number of rotatable bonds is 11. The Morgan fingerprint density at radius 1 is 1.14 bits per heavy atom. The maximum Gasteiger partial charge on any atom is 0.508 e. The van der Waals surface area contributed by atoms with Crippen molar-refractivity contribution in [3.05, 3.63) is 51.8 Å². The first kappa shape index (κ1) is 29.0. The molecule has 0 aliphatic carbocycles. The fraction of sp³-hybridized carbons (Fsp3) is 0.409. The third kappa shape index (κ3) is 7.37. The maximum absolute atomic E-state index is 13.9. The van der Waals surface area contributed by atoms with Crippen LogP contribution in [0.5, 0.6) is 5.88 Å². The normalized spacial score (nSPS) is 12.6. The Morgan fingerprint density at radius 2 is 1.83 bits per heavy atom. The third-order valence-corrected chi connectivity index (χ3v) is 5.42. The lowest BCUT2D eigenvalue weighted by Crippen LogP contribution is -2.28. The van der Waals surface area contributed by atoms with E-state index < -0.39 is 40.5 Å². The second kappa shape index (κ2) is 13.2. The van der Waals surface area contributed by atoms with Gasteiger partial charge in [0.1, 0.15) is 22.9 Å². The predicted octanol–water partition coefficient (Wildman–Crippen LogP) is 4.20. The Bertz CT molecular complexity index is 1090. The van der Waals surface area contributed by atoms with Crippen molar-refractivity contribution in [3.63, 3.8) is 0 Å². The molecule has 0 aliphatic heterocycles. The molecule has 0 fully saturated rings. The first-order valence-electron chi connectivity index (χ1n) is 10.2. The molecular formula is C22H24BrF3N2O8. The van der Waals surface area contributed by atoms with Crippen LogP contribution in [0.4, 0.5) is 18.0 Å². The first-order valence-corrected chi connectivity index (χ1v) is 11.0. The summed E-state index contributed by atoms with van der Waals surface area (Å²) in [5, 5.41) is 3.92. The van der Waals surface area contributed by atoms with E-state index in [-0.39, 0.29) is 25.3 Å². The van der Waals surface area contributed by atoms with E-state index in [4.69, 9.17) is 23.7 Å². The molecule has 0 N–H and O–H groups in total. The third-order valence-electron chi connectivity index (χ3n) is 4.61. The maximum atomic E-state index is 13.9. The van der Waals surface area contributed by atoms with Crippen molar-refractivity contribution in [1.29, 1.82) is 0 Å². The van der Waals surface area contributed by atoms with Gasteiger partial charge in [0.05, 0.1) is 40.7 Å². The average Bonchev–Trinajstić information content (AvgIpc) is 3.16. The fourth-order valence-electron chi connectivity index (χ4n) is 3.07. The molecule has 36 heavy (non-hydrogen) atoms. The van der Waals surface area contributed by atoms with Crippen LogP contribution < -0.4 is 4.74 Å². The van der Waals surface area contributed by atoms with Crippen molar-refractivity contribution in [1.82, 2.24) is 9.78 Å². The summed E-state index contributed by atoms with van der Waals surface area (Å²) in [5.41, 5.74) is -0.416. The van der Waals surface area contributed by atoms with Gasteiger partial charge in [-0.05, 0) is 27.1 Å². The Labute approximate surface area is 213 Å².